The largest absolute Gasteiger partial charge is 0.497 e. The van der Waals surface area contributed by atoms with Crippen molar-refractivity contribution in [1.82, 2.24) is 4.90 Å². The van der Waals surface area contributed by atoms with Gasteiger partial charge in [-0.2, -0.15) is 0 Å². The second kappa shape index (κ2) is 5.46. The molecule has 1 aromatic carbocycles. The first-order valence-electron chi connectivity index (χ1n) is 5.67. The van der Waals surface area contributed by atoms with Gasteiger partial charge in [-0.15, -0.1) is 0 Å². The molecule has 0 bridgehead atoms. The van der Waals surface area contributed by atoms with E-state index in [-0.39, 0.29) is 6.03 Å². The average Bonchev–Trinajstić information content (AvgIpc) is 2.78. The van der Waals surface area contributed by atoms with Crippen molar-refractivity contribution < 1.29 is 14.6 Å². The molecule has 0 aromatic heterocycles. The van der Waals surface area contributed by atoms with Crippen LogP contribution in [0.25, 0.3) is 0 Å². The van der Waals surface area contributed by atoms with Crippen molar-refractivity contribution in [2.45, 2.75) is 12.5 Å². The number of nitrogens with zero attached hydrogens (tertiary/aromatic N) is 1. The molecule has 1 aromatic rings. The van der Waals surface area contributed by atoms with Crippen LogP contribution in [-0.2, 0) is 0 Å². The number of benzene rings is 1. The van der Waals surface area contributed by atoms with E-state index in [0.29, 0.717) is 36.0 Å². The molecule has 0 aliphatic carbocycles. The summed E-state index contributed by atoms with van der Waals surface area (Å²) in [5.74, 6) is 0.634. The average molecular weight is 271 g/mol. The minimum absolute atomic E-state index is 0.251. The molecule has 1 aliphatic rings. The predicted octanol–water partition coefficient (Wildman–Crippen LogP) is 1.95. The van der Waals surface area contributed by atoms with Crippen LogP contribution in [0.4, 0.5) is 10.5 Å². The molecule has 2 amide bonds. The fourth-order valence-electron chi connectivity index (χ4n) is 1.84. The molecule has 0 saturated carbocycles. The summed E-state index contributed by atoms with van der Waals surface area (Å²) in [6.07, 6.45) is 0.186. The molecule has 1 saturated heterocycles. The number of nitrogens with one attached hydrogen (secondary N) is 1. The summed E-state index contributed by atoms with van der Waals surface area (Å²) in [7, 11) is 1.55. The highest BCUT2D eigenvalue weighted by atomic mass is 35.5. The third kappa shape index (κ3) is 2.86. The maximum atomic E-state index is 11.9. The van der Waals surface area contributed by atoms with Gasteiger partial charge in [0.1, 0.15) is 5.75 Å². The lowest BCUT2D eigenvalue weighted by Crippen LogP contribution is -2.33. The molecule has 2 rings (SSSR count). The molecule has 0 radical (unpaired) electrons. The fourth-order valence-corrected chi connectivity index (χ4v) is 2.06. The van der Waals surface area contributed by atoms with E-state index in [0.717, 1.165) is 0 Å². The summed E-state index contributed by atoms with van der Waals surface area (Å²) in [5, 5.41) is 12.5. The Morgan fingerprint density at radius 1 is 1.61 bits per heavy atom. The number of hydrogen-bond acceptors (Lipinski definition) is 3. The summed E-state index contributed by atoms with van der Waals surface area (Å²) in [5.41, 5.74) is 0.531. The quantitative estimate of drug-likeness (QED) is 0.863. The number of aliphatic hydroxyl groups excluding tert-OH is 1. The third-order valence-corrected chi connectivity index (χ3v) is 3.18. The first-order chi connectivity index (χ1) is 8.60. The van der Waals surface area contributed by atoms with Crippen LogP contribution < -0.4 is 10.1 Å². The zero-order valence-corrected chi connectivity index (χ0v) is 10.8. The van der Waals surface area contributed by atoms with Gasteiger partial charge in [0.15, 0.2) is 0 Å². The molecule has 1 fully saturated rings. The van der Waals surface area contributed by atoms with Gasteiger partial charge in [-0.3, -0.25) is 0 Å². The fraction of sp³-hybridized carbons (Fsp3) is 0.417. The second-order valence-electron chi connectivity index (χ2n) is 4.16. The lowest BCUT2D eigenvalue weighted by molar-refractivity contribution is 0.176. The molecule has 2 N–H and O–H groups in total. The number of halogens is 1. The zero-order chi connectivity index (χ0) is 13.1. The minimum Gasteiger partial charge on any atom is -0.497 e. The first kappa shape index (κ1) is 13.0. The summed E-state index contributed by atoms with van der Waals surface area (Å²) in [6, 6.07) is 4.79. The molecular formula is C12H15ClN2O3. The van der Waals surface area contributed by atoms with Gasteiger partial charge >= 0.3 is 6.03 Å². The number of urea groups is 1. The Labute approximate surface area is 110 Å². The van der Waals surface area contributed by atoms with Crippen LogP contribution >= 0.6 is 11.6 Å². The van der Waals surface area contributed by atoms with Crippen LogP contribution in [0.5, 0.6) is 5.75 Å². The Kier molecular flexibility index (Phi) is 3.93. The highest BCUT2D eigenvalue weighted by molar-refractivity contribution is 6.33. The van der Waals surface area contributed by atoms with Gasteiger partial charge in [0, 0.05) is 19.2 Å². The van der Waals surface area contributed by atoms with Crippen molar-refractivity contribution >= 4 is 23.3 Å². The number of aliphatic hydroxyl groups is 1. The van der Waals surface area contributed by atoms with E-state index >= 15 is 0 Å². The summed E-state index contributed by atoms with van der Waals surface area (Å²) in [6.45, 7) is 0.917. The number of anilines is 1. The number of carbonyl (C=O) groups excluding carboxylic acids is 1. The van der Waals surface area contributed by atoms with Gasteiger partial charge in [-0.1, -0.05) is 11.6 Å². The lowest BCUT2D eigenvalue weighted by Gasteiger charge is -2.17. The van der Waals surface area contributed by atoms with Gasteiger partial charge in [-0.25, -0.2) is 4.79 Å². The standard InChI is InChI=1S/C12H15ClN2O3/c1-18-9-2-3-11(10(13)6-9)14-12(17)15-5-4-8(16)7-15/h2-3,6,8,16H,4-5,7H2,1H3,(H,14,17). The molecule has 0 spiro atoms. The van der Waals surface area contributed by atoms with Crippen molar-refractivity contribution in [1.29, 1.82) is 0 Å². The third-order valence-electron chi connectivity index (χ3n) is 2.87. The van der Waals surface area contributed by atoms with E-state index in [1.807, 2.05) is 0 Å². The van der Waals surface area contributed by atoms with E-state index in [2.05, 4.69) is 5.32 Å². The lowest BCUT2D eigenvalue weighted by atomic mass is 10.3. The number of rotatable bonds is 2. The number of hydrogen-bond donors (Lipinski definition) is 2. The van der Waals surface area contributed by atoms with E-state index in [1.54, 1.807) is 30.2 Å². The Bertz CT molecular complexity index is 453. The summed E-state index contributed by atoms with van der Waals surface area (Å²) >= 11 is 6.02. The maximum absolute atomic E-state index is 11.9. The van der Waals surface area contributed by atoms with Crippen LogP contribution in [0.1, 0.15) is 6.42 Å². The topological polar surface area (TPSA) is 61.8 Å². The van der Waals surface area contributed by atoms with E-state index in [9.17, 15) is 9.90 Å². The van der Waals surface area contributed by atoms with Gasteiger partial charge in [0.05, 0.1) is 23.9 Å². The predicted molar refractivity (Wildman–Crippen MR) is 69.2 cm³/mol. The molecule has 18 heavy (non-hydrogen) atoms. The number of carbonyl (C=O) groups is 1. The van der Waals surface area contributed by atoms with Gasteiger partial charge in [-0.05, 0) is 18.6 Å². The summed E-state index contributed by atoms with van der Waals surface area (Å²) in [4.78, 5) is 13.4. The number of methoxy groups -OCH3 is 1. The molecule has 1 aliphatic heterocycles. The van der Waals surface area contributed by atoms with Gasteiger partial charge < -0.3 is 20.1 Å². The first-order valence-corrected chi connectivity index (χ1v) is 6.05. The van der Waals surface area contributed by atoms with Crippen molar-refractivity contribution in [3.63, 3.8) is 0 Å². The van der Waals surface area contributed by atoms with E-state index in [1.165, 1.54) is 0 Å². The Balaban J connectivity index is 2.03. The Morgan fingerprint density at radius 2 is 2.39 bits per heavy atom. The SMILES string of the molecule is COc1ccc(NC(=O)N2CCC(O)C2)c(Cl)c1. The van der Waals surface area contributed by atoms with Gasteiger partial charge in [0.2, 0.25) is 0 Å². The highest BCUT2D eigenvalue weighted by Crippen LogP contribution is 2.27. The van der Waals surface area contributed by atoms with Crippen LogP contribution in [0, 0.1) is 0 Å². The molecule has 5 nitrogen and oxygen atoms in total. The smallest absolute Gasteiger partial charge is 0.321 e. The summed E-state index contributed by atoms with van der Waals surface area (Å²) < 4.78 is 5.03. The maximum Gasteiger partial charge on any atom is 0.321 e. The van der Waals surface area contributed by atoms with E-state index in [4.69, 9.17) is 16.3 Å². The molecule has 6 heteroatoms. The number of amides is 2. The molecule has 1 atom stereocenters. The molecule has 1 heterocycles. The Hall–Kier alpha value is -1.46. The number of β-amino-alcohol motifs (C(OH)–C–C–N with tert-alkyl or cyclic N) is 1. The van der Waals surface area contributed by atoms with Crippen molar-refractivity contribution in [2.75, 3.05) is 25.5 Å². The van der Waals surface area contributed by atoms with E-state index < -0.39 is 6.10 Å². The minimum atomic E-state index is -0.429. The second-order valence-corrected chi connectivity index (χ2v) is 4.57. The number of likely N-dealkylation sites (tertiary alicyclic amines) is 1. The van der Waals surface area contributed by atoms with Gasteiger partial charge in [0.25, 0.3) is 0 Å². The normalized spacial score (nSPS) is 18.8. The molecule has 1 unspecified atom stereocenters. The van der Waals surface area contributed by atoms with Crippen molar-refractivity contribution in [3.05, 3.63) is 23.2 Å². The number of ether oxygens (including phenoxy) is 1. The zero-order valence-electron chi connectivity index (χ0n) is 10.0. The highest BCUT2D eigenvalue weighted by Gasteiger charge is 2.24. The van der Waals surface area contributed by atoms with Crippen LogP contribution in [-0.4, -0.2) is 42.3 Å². The Morgan fingerprint density at radius 3 is 2.94 bits per heavy atom. The molecular weight excluding hydrogens is 256 g/mol. The van der Waals surface area contributed by atoms with Crippen LogP contribution in [0.15, 0.2) is 18.2 Å². The van der Waals surface area contributed by atoms with Crippen molar-refractivity contribution in [2.24, 2.45) is 0 Å². The van der Waals surface area contributed by atoms with Crippen molar-refractivity contribution in [3.8, 4) is 5.75 Å². The monoisotopic (exact) mass is 270 g/mol. The molecule has 98 valence electrons. The van der Waals surface area contributed by atoms with Crippen LogP contribution in [0.3, 0.4) is 0 Å². The van der Waals surface area contributed by atoms with Crippen LogP contribution in [0.2, 0.25) is 5.02 Å².